The van der Waals surface area contributed by atoms with Crippen molar-refractivity contribution in [2.45, 2.75) is 0 Å². The Labute approximate surface area is 88.2 Å². The average molecular weight is 225 g/mol. The van der Waals surface area contributed by atoms with Gasteiger partial charge in [0, 0.05) is 0 Å². The Morgan fingerprint density at radius 3 is 2.19 bits per heavy atom. The van der Waals surface area contributed by atoms with E-state index in [4.69, 9.17) is 9.47 Å². The van der Waals surface area contributed by atoms with Gasteiger partial charge in [0.25, 0.3) is 5.95 Å². The van der Waals surface area contributed by atoms with E-state index in [0.29, 0.717) is 0 Å². The lowest BCUT2D eigenvalue weighted by Gasteiger charge is -2.02. The molecule has 16 heavy (non-hydrogen) atoms. The van der Waals surface area contributed by atoms with Gasteiger partial charge in [-0.1, -0.05) is 0 Å². The Bertz CT molecular complexity index is 525. The van der Waals surface area contributed by atoms with E-state index < -0.39 is 5.69 Å². The Kier molecular flexibility index (Phi) is 2.45. The lowest BCUT2D eigenvalue weighted by Crippen LogP contribution is -2.19. The van der Waals surface area contributed by atoms with Crippen molar-refractivity contribution in [3.63, 3.8) is 0 Å². The predicted molar refractivity (Wildman–Crippen MR) is 48.5 cm³/mol. The molecule has 0 aromatic carbocycles. The van der Waals surface area contributed by atoms with Gasteiger partial charge in [0.15, 0.2) is 0 Å². The van der Waals surface area contributed by atoms with Gasteiger partial charge >= 0.3 is 17.7 Å². The van der Waals surface area contributed by atoms with E-state index in [1.807, 2.05) is 0 Å². The molecule has 0 saturated carbocycles. The molecule has 0 aliphatic heterocycles. The monoisotopic (exact) mass is 225 g/mol. The standard InChI is InChI=1S/C6H7N7O3/c1-15-4-7-3(8-5(9-4)16-2)13-6(14)10-11-12-13/h1-2H3,(H,10,12,14). The molecule has 2 aromatic heterocycles. The molecule has 0 radical (unpaired) electrons. The van der Waals surface area contributed by atoms with Crippen molar-refractivity contribution >= 4 is 0 Å². The summed E-state index contributed by atoms with van der Waals surface area (Å²) in [6.45, 7) is 0. The molecular formula is C6H7N7O3. The Balaban J connectivity index is 2.56. The van der Waals surface area contributed by atoms with E-state index >= 15 is 0 Å². The van der Waals surface area contributed by atoms with Crippen LogP contribution >= 0.6 is 0 Å². The molecule has 0 aliphatic rings. The number of tetrazole rings is 1. The minimum atomic E-state index is -0.574. The fourth-order valence-electron chi connectivity index (χ4n) is 0.934. The number of ether oxygens (including phenoxy) is 2. The summed E-state index contributed by atoms with van der Waals surface area (Å²) in [5.74, 6) is -0.0394. The van der Waals surface area contributed by atoms with Crippen molar-refractivity contribution < 1.29 is 9.47 Å². The summed E-state index contributed by atoms with van der Waals surface area (Å²) >= 11 is 0. The number of H-pyrrole nitrogens is 1. The van der Waals surface area contributed by atoms with Crippen LogP contribution in [0.5, 0.6) is 12.0 Å². The van der Waals surface area contributed by atoms with Crippen molar-refractivity contribution in [1.82, 2.24) is 35.2 Å². The largest absolute Gasteiger partial charge is 0.467 e. The first-order valence-corrected chi connectivity index (χ1v) is 4.09. The SMILES string of the molecule is COc1nc(OC)nc(-n2nn[nH]c2=O)n1. The fraction of sp³-hybridized carbons (Fsp3) is 0.333. The van der Waals surface area contributed by atoms with Crippen LogP contribution < -0.4 is 15.2 Å². The van der Waals surface area contributed by atoms with Gasteiger partial charge in [-0.3, -0.25) is 0 Å². The number of rotatable bonds is 3. The molecule has 0 bridgehead atoms. The van der Waals surface area contributed by atoms with Gasteiger partial charge in [-0.15, -0.1) is 9.67 Å². The van der Waals surface area contributed by atoms with Crippen molar-refractivity contribution in [2.24, 2.45) is 0 Å². The third-order valence-electron chi connectivity index (χ3n) is 1.61. The summed E-state index contributed by atoms with van der Waals surface area (Å²) in [6.07, 6.45) is 0. The Hall–Kier alpha value is -2.52. The van der Waals surface area contributed by atoms with Crippen LogP contribution in [0.4, 0.5) is 0 Å². The molecule has 10 heteroatoms. The van der Waals surface area contributed by atoms with Crippen molar-refractivity contribution in [1.29, 1.82) is 0 Å². The van der Waals surface area contributed by atoms with Crippen molar-refractivity contribution in [3.8, 4) is 18.0 Å². The third-order valence-corrected chi connectivity index (χ3v) is 1.61. The number of aromatic amines is 1. The van der Waals surface area contributed by atoms with Crippen LogP contribution in [0.1, 0.15) is 0 Å². The van der Waals surface area contributed by atoms with Crippen LogP contribution in [-0.4, -0.2) is 49.4 Å². The Morgan fingerprint density at radius 1 is 1.12 bits per heavy atom. The molecule has 0 unspecified atom stereocenters. The highest BCUT2D eigenvalue weighted by molar-refractivity contribution is 5.14. The second kappa shape index (κ2) is 3.92. The highest BCUT2D eigenvalue weighted by Crippen LogP contribution is 2.09. The molecule has 0 saturated heterocycles. The first-order chi connectivity index (χ1) is 7.74. The predicted octanol–water partition coefficient (Wildman–Crippen LogP) is -1.84. The van der Waals surface area contributed by atoms with Crippen LogP contribution in [0.25, 0.3) is 5.95 Å². The number of nitrogens with one attached hydrogen (secondary N) is 1. The molecule has 0 spiro atoms. The highest BCUT2D eigenvalue weighted by atomic mass is 16.5. The first kappa shape index (κ1) is 10.0. The molecule has 2 heterocycles. The summed E-state index contributed by atoms with van der Waals surface area (Å²) in [5, 5.41) is 8.88. The minimum Gasteiger partial charge on any atom is -0.467 e. The van der Waals surface area contributed by atoms with E-state index in [0.717, 1.165) is 4.68 Å². The molecule has 0 fully saturated rings. The Morgan fingerprint density at radius 2 is 1.75 bits per heavy atom. The van der Waals surface area contributed by atoms with E-state index in [1.165, 1.54) is 14.2 Å². The van der Waals surface area contributed by atoms with Gasteiger partial charge in [-0.25, -0.2) is 9.89 Å². The normalized spacial score (nSPS) is 10.1. The quantitative estimate of drug-likeness (QED) is 0.646. The highest BCUT2D eigenvalue weighted by Gasteiger charge is 2.11. The van der Waals surface area contributed by atoms with Gasteiger partial charge in [-0.05, 0) is 10.4 Å². The molecule has 1 N–H and O–H groups in total. The number of hydrogen-bond acceptors (Lipinski definition) is 8. The van der Waals surface area contributed by atoms with E-state index in [2.05, 4.69) is 30.5 Å². The lowest BCUT2D eigenvalue weighted by atomic mass is 10.8. The van der Waals surface area contributed by atoms with Crippen molar-refractivity contribution in [2.75, 3.05) is 14.2 Å². The van der Waals surface area contributed by atoms with E-state index in [-0.39, 0.29) is 18.0 Å². The van der Waals surface area contributed by atoms with Crippen LogP contribution in [0, 0.1) is 0 Å². The van der Waals surface area contributed by atoms with Gasteiger partial charge in [0.05, 0.1) is 14.2 Å². The maximum Gasteiger partial charge on any atom is 0.368 e. The number of aromatic nitrogens is 7. The zero-order valence-electron chi connectivity index (χ0n) is 8.41. The van der Waals surface area contributed by atoms with Gasteiger partial charge in [-0.2, -0.15) is 9.97 Å². The molecule has 0 aliphatic carbocycles. The topological polar surface area (TPSA) is 121 Å². The lowest BCUT2D eigenvalue weighted by molar-refractivity contribution is 0.337. The molecular weight excluding hydrogens is 218 g/mol. The molecule has 84 valence electrons. The smallest absolute Gasteiger partial charge is 0.368 e. The van der Waals surface area contributed by atoms with Gasteiger partial charge in [0.2, 0.25) is 0 Å². The first-order valence-electron chi connectivity index (χ1n) is 4.09. The summed E-state index contributed by atoms with van der Waals surface area (Å²) < 4.78 is 10.5. The molecule has 2 rings (SSSR count). The van der Waals surface area contributed by atoms with Crippen molar-refractivity contribution in [3.05, 3.63) is 10.5 Å². The molecule has 10 nitrogen and oxygen atoms in total. The maximum atomic E-state index is 11.2. The van der Waals surface area contributed by atoms with Crippen LogP contribution in [0.3, 0.4) is 0 Å². The maximum absolute atomic E-state index is 11.2. The molecule has 0 atom stereocenters. The van der Waals surface area contributed by atoms with E-state index in [1.54, 1.807) is 0 Å². The fourth-order valence-corrected chi connectivity index (χ4v) is 0.934. The zero-order chi connectivity index (χ0) is 11.5. The zero-order valence-corrected chi connectivity index (χ0v) is 8.41. The van der Waals surface area contributed by atoms with Crippen LogP contribution in [0.2, 0.25) is 0 Å². The summed E-state index contributed by atoms with van der Waals surface area (Å²) in [6, 6.07) is 0.0218. The van der Waals surface area contributed by atoms with Crippen LogP contribution in [-0.2, 0) is 0 Å². The summed E-state index contributed by atoms with van der Waals surface area (Å²) in [5.41, 5.74) is -0.574. The number of methoxy groups -OCH3 is 2. The third kappa shape index (κ3) is 1.67. The average Bonchev–Trinajstić information content (AvgIpc) is 2.74. The second-order valence-electron chi connectivity index (χ2n) is 2.53. The second-order valence-corrected chi connectivity index (χ2v) is 2.53. The molecule has 0 amide bonds. The summed E-state index contributed by atoms with van der Waals surface area (Å²) in [7, 11) is 2.76. The number of hydrogen-bond donors (Lipinski definition) is 1. The number of nitrogens with zero attached hydrogens (tertiary/aromatic N) is 6. The minimum absolute atomic E-state index is 0.0109. The van der Waals surface area contributed by atoms with Crippen LogP contribution in [0.15, 0.2) is 4.79 Å². The summed E-state index contributed by atoms with van der Waals surface area (Å²) in [4.78, 5) is 22.6. The van der Waals surface area contributed by atoms with Gasteiger partial charge < -0.3 is 9.47 Å². The van der Waals surface area contributed by atoms with Gasteiger partial charge in [0.1, 0.15) is 0 Å². The van der Waals surface area contributed by atoms with E-state index in [9.17, 15) is 4.79 Å². The molecule has 2 aromatic rings.